The molecule has 2 unspecified atom stereocenters. The number of urea groups is 1. The van der Waals surface area contributed by atoms with Gasteiger partial charge >= 0.3 is 6.03 Å². The summed E-state index contributed by atoms with van der Waals surface area (Å²) in [6.07, 6.45) is 3.32. The Bertz CT molecular complexity index is 1220. The summed E-state index contributed by atoms with van der Waals surface area (Å²) in [7, 11) is 0. The van der Waals surface area contributed by atoms with Crippen molar-refractivity contribution in [3.05, 3.63) is 54.6 Å². The van der Waals surface area contributed by atoms with Gasteiger partial charge in [-0.05, 0) is 62.1 Å². The van der Waals surface area contributed by atoms with Crippen LogP contribution in [0.5, 0.6) is 0 Å². The summed E-state index contributed by atoms with van der Waals surface area (Å²) in [4.78, 5) is 31.4. The van der Waals surface area contributed by atoms with Crippen LogP contribution in [0.15, 0.2) is 54.6 Å². The third-order valence-electron chi connectivity index (χ3n) is 7.28. The van der Waals surface area contributed by atoms with E-state index in [4.69, 9.17) is 19.7 Å². The highest BCUT2D eigenvalue weighted by Gasteiger charge is 2.42. The number of morpholine rings is 1. The number of nitrogens with zero attached hydrogens (tertiary/aromatic N) is 5. The number of para-hydroxylation sites is 1. The molecule has 0 radical (unpaired) electrons. The van der Waals surface area contributed by atoms with Crippen molar-refractivity contribution >= 4 is 29.3 Å². The predicted molar refractivity (Wildman–Crippen MR) is 142 cm³/mol. The normalized spacial score (nSPS) is 23.1. The highest BCUT2D eigenvalue weighted by Crippen LogP contribution is 2.39. The zero-order valence-electron chi connectivity index (χ0n) is 20.6. The number of ether oxygens (including phenoxy) is 1. The van der Waals surface area contributed by atoms with Crippen LogP contribution in [0.4, 0.5) is 28.1 Å². The van der Waals surface area contributed by atoms with Gasteiger partial charge in [-0.1, -0.05) is 18.2 Å². The largest absolute Gasteiger partial charge is 0.393 e. The number of benzene rings is 2. The van der Waals surface area contributed by atoms with E-state index in [0.29, 0.717) is 36.6 Å². The first-order valence-corrected chi connectivity index (χ1v) is 12.9. The molecule has 192 valence electrons. The average molecular weight is 502 g/mol. The lowest BCUT2D eigenvalue weighted by Crippen LogP contribution is -2.46. The Hall–Kier alpha value is -3.76. The second-order valence-electron chi connectivity index (χ2n) is 9.80. The van der Waals surface area contributed by atoms with Crippen molar-refractivity contribution in [3.63, 3.8) is 0 Å². The number of aliphatic hydroxyl groups is 1. The van der Waals surface area contributed by atoms with Crippen molar-refractivity contribution in [2.24, 2.45) is 0 Å². The molecule has 3 aliphatic heterocycles. The summed E-state index contributed by atoms with van der Waals surface area (Å²) in [5, 5.41) is 16.0. The Morgan fingerprint density at radius 1 is 0.838 bits per heavy atom. The van der Waals surface area contributed by atoms with Crippen LogP contribution < -0.4 is 20.4 Å². The molecule has 0 aliphatic carbocycles. The van der Waals surface area contributed by atoms with Crippen LogP contribution >= 0.6 is 0 Å². The van der Waals surface area contributed by atoms with Gasteiger partial charge < -0.3 is 30.3 Å². The second-order valence-corrected chi connectivity index (χ2v) is 9.80. The Kier molecular flexibility index (Phi) is 6.58. The maximum Gasteiger partial charge on any atom is 0.323 e. The number of aliphatic hydroxyl groups excluding tert-OH is 1. The second kappa shape index (κ2) is 10.3. The van der Waals surface area contributed by atoms with Crippen LogP contribution in [-0.2, 0) is 4.74 Å². The molecule has 10 nitrogen and oxygen atoms in total. The zero-order valence-corrected chi connectivity index (χ0v) is 20.6. The summed E-state index contributed by atoms with van der Waals surface area (Å²) in [5.74, 6) is 1.92. The first-order chi connectivity index (χ1) is 18.1. The molecule has 0 saturated carbocycles. The Morgan fingerprint density at radius 2 is 1.46 bits per heavy atom. The standard InChI is InChI=1S/C27H31N7O3/c35-23-16-21-10-11-22(17-23)34(21)26-31-24(30-25(32-26)33-12-14-37-15-13-33)18-6-8-20(9-7-18)29-27(36)28-19-4-2-1-3-5-19/h1-9,21-23,35H,10-17H2,(H2,28,29,36). The summed E-state index contributed by atoms with van der Waals surface area (Å²) in [5.41, 5.74) is 2.24. The molecule has 1 aromatic heterocycles. The van der Waals surface area contributed by atoms with E-state index in [1.165, 1.54) is 0 Å². The number of aromatic nitrogens is 3. The van der Waals surface area contributed by atoms with Crippen LogP contribution in [-0.4, -0.2) is 70.6 Å². The van der Waals surface area contributed by atoms with E-state index < -0.39 is 0 Å². The van der Waals surface area contributed by atoms with E-state index in [2.05, 4.69) is 20.4 Å². The van der Waals surface area contributed by atoms with Crippen molar-refractivity contribution in [3.8, 4) is 11.4 Å². The number of piperidine rings is 1. The predicted octanol–water partition coefficient (Wildman–Crippen LogP) is 3.51. The van der Waals surface area contributed by atoms with E-state index in [-0.39, 0.29) is 24.2 Å². The van der Waals surface area contributed by atoms with Gasteiger partial charge in [0.1, 0.15) is 0 Å². The van der Waals surface area contributed by atoms with Gasteiger partial charge in [-0.15, -0.1) is 0 Å². The molecule has 2 amide bonds. The van der Waals surface area contributed by atoms with Gasteiger partial charge in [0.2, 0.25) is 11.9 Å². The summed E-state index contributed by atoms with van der Waals surface area (Å²) >= 11 is 0. The van der Waals surface area contributed by atoms with E-state index in [9.17, 15) is 9.90 Å². The molecule has 2 atom stereocenters. The smallest absolute Gasteiger partial charge is 0.323 e. The fourth-order valence-electron chi connectivity index (χ4n) is 5.50. The molecule has 10 heteroatoms. The Morgan fingerprint density at radius 3 is 2.14 bits per heavy atom. The van der Waals surface area contributed by atoms with Crippen molar-refractivity contribution in [1.29, 1.82) is 0 Å². The Labute approximate surface area is 215 Å². The lowest BCUT2D eigenvalue weighted by Gasteiger charge is -2.37. The van der Waals surface area contributed by atoms with Crippen LogP contribution in [0, 0.1) is 0 Å². The van der Waals surface area contributed by atoms with E-state index in [0.717, 1.165) is 50.0 Å². The lowest BCUT2D eigenvalue weighted by atomic mass is 10.0. The minimum absolute atomic E-state index is 0.247. The summed E-state index contributed by atoms with van der Waals surface area (Å²) in [6, 6.07) is 17.0. The fraction of sp³-hybridized carbons (Fsp3) is 0.407. The number of hydrogen-bond donors (Lipinski definition) is 3. The number of nitrogens with one attached hydrogen (secondary N) is 2. The third kappa shape index (κ3) is 5.21. The van der Waals surface area contributed by atoms with Gasteiger partial charge in [0.05, 0.1) is 19.3 Å². The van der Waals surface area contributed by atoms with Gasteiger partial charge in [0.15, 0.2) is 5.82 Å². The summed E-state index contributed by atoms with van der Waals surface area (Å²) in [6.45, 7) is 2.74. The molecule has 3 aliphatic rings. The van der Waals surface area contributed by atoms with Crippen LogP contribution in [0.2, 0.25) is 0 Å². The number of carbonyl (C=O) groups excluding carboxylic acids is 1. The number of hydrogen-bond acceptors (Lipinski definition) is 8. The van der Waals surface area contributed by atoms with E-state index >= 15 is 0 Å². The molecule has 2 aromatic carbocycles. The van der Waals surface area contributed by atoms with Gasteiger partial charge in [-0.3, -0.25) is 0 Å². The summed E-state index contributed by atoms with van der Waals surface area (Å²) < 4.78 is 5.53. The van der Waals surface area contributed by atoms with Gasteiger partial charge in [-0.2, -0.15) is 15.0 Å². The molecule has 2 bridgehead atoms. The lowest BCUT2D eigenvalue weighted by molar-refractivity contribution is 0.121. The molecule has 3 N–H and O–H groups in total. The first-order valence-electron chi connectivity index (χ1n) is 12.9. The highest BCUT2D eigenvalue weighted by atomic mass is 16.5. The molecule has 0 spiro atoms. The van der Waals surface area contributed by atoms with Crippen LogP contribution in [0.25, 0.3) is 11.4 Å². The van der Waals surface area contributed by atoms with Gasteiger partial charge in [0.25, 0.3) is 0 Å². The van der Waals surface area contributed by atoms with Gasteiger partial charge in [-0.25, -0.2) is 4.79 Å². The van der Waals surface area contributed by atoms with Crippen LogP contribution in [0.1, 0.15) is 25.7 Å². The number of fused-ring (bicyclic) bond motifs is 2. The highest BCUT2D eigenvalue weighted by molar-refractivity contribution is 5.99. The molecule has 4 heterocycles. The maximum atomic E-state index is 12.4. The average Bonchev–Trinajstić information content (AvgIpc) is 3.20. The van der Waals surface area contributed by atoms with Crippen molar-refractivity contribution < 1.29 is 14.6 Å². The maximum absolute atomic E-state index is 12.4. The number of carbonyl (C=O) groups is 1. The van der Waals surface area contributed by atoms with E-state index in [1.807, 2.05) is 54.6 Å². The fourth-order valence-corrected chi connectivity index (χ4v) is 5.50. The molecular formula is C27H31N7O3. The molecule has 3 aromatic rings. The molecule has 6 rings (SSSR count). The van der Waals surface area contributed by atoms with Crippen molar-refractivity contribution in [1.82, 2.24) is 15.0 Å². The van der Waals surface area contributed by atoms with Crippen molar-refractivity contribution in [2.45, 2.75) is 43.9 Å². The molecule has 3 saturated heterocycles. The number of rotatable bonds is 5. The van der Waals surface area contributed by atoms with Crippen LogP contribution in [0.3, 0.4) is 0 Å². The first kappa shape index (κ1) is 23.6. The SMILES string of the molecule is O=C(Nc1ccccc1)Nc1ccc(-c2nc(N3CCOCC3)nc(N3C4CCC3CC(O)C4)n2)cc1. The third-order valence-corrected chi connectivity index (χ3v) is 7.28. The number of amides is 2. The Balaban J connectivity index is 1.25. The minimum atomic E-state index is -0.307. The number of anilines is 4. The quantitative estimate of drug-likeness (QED) is 0.487. The minimum Gasteiger partial charge on any atom is -0.393 e. The van der Waals surface area contributed by atoms with E-state index in [1.54, 1.807) is 0 Å². The molecule has 3 fully saturated rings. The monoisotopic (exact) mass is 501 g/mol. The van der Waals surface area contributed by atoms with Crippen molar-refractivity contribution in [2.75, 3.05) is 46.7 Å². The molecular weight excluding hydrogens is 470 g/mol. The zero-order chi connectivity index (χ0) is 25.2. The molecule has 37 heavy (non-hydrogen) atoms. The van der Waals surface area contributed by atoms with Gasteiger partial charge in [0, 0.05) is 42.1 Å². The topological polar surface area (TPSA) is 116 Å².